The topological polar surface area (TPSA) is 142 Å². The van der Waals surface area contributed by atoms with Gasteiger partial charge in [0.1, 0.15) is 11.3 Å². The number of benzene rings is 1. The van der Waals surface area contributed by atoms with E-state index in [1.165, 1.54) is 4.31 Å². The quantitative estimate of drug-likeness (QED) is 0.267. The second-order valence-electron chi connectivity index (χ2n) is 9.17. The molecule has 0 atom stereocenters. The SMILES string of the molecule is CCOC(=O)C1CCN(S(=O)(=O)NCCCCn2c(CCOC)nc3c(N)nc4ccccc4c32)CC1. The predicted molar refractivity (Wildman–Crippen MR) is 142 cm³/mol. The van der Waals surface area contributed by atoms with Crippen molar-refractivity contribution in [3.05, 3.63) is 30.1 Å². The van der Waals surface area contributed by atoms with Gasteiger partial charge in [0.15, 0.2) is 5.82 Å². The maximum atomic E-state index is 12.8. The molecule has 1 aliphatic heterocycles. The summed E-state index contributed by atoms with van der Waals surface area (Å²) in [5, 5.41) is 0.981. The number of aryl methyl sites for hydroxylation is 1. The van der Waals surface area contributed by atoms with Crippen LogP contribution in [0.1, 0.15) is 38.4 Å². The van der Waals surface area contributed by atoms with E-state index in [9.17, 15) is 13.2 Å². The number of carbonyl (C=O) groups is 1. The standard InChI is InChI=1S/C25H36N6O5S/c1-3-36-25(32)18-10-15-30(16-11-18)37(33,34)27-13-6-7-14-31-21(12-17-35-2)29-22-23(31)19-8-4-5-9-20(19)28-24(22)26/h4-5,8-9,18,27H,3,6-7,10-17H2,1-2H3,(H2,26,28). The van der Waals surface area contributed by atoms with Crippen molar-refractivity contribution in [1.82, 2.24) is 23.6 Å². The van der Waals surface area contributed by atoms with Crippen LogP contribution < -0.4 is 10.5 Å². The Morgan fingerprint density at radius 2 is 1.95 bits per heavy atom. The Bertz CT molecular complexity index is 1330. The number of hydrogen-bond acceptors (Lipinski definition) is 8. The number of imidazole rings is 1. The van der Waals surface area contributed by atoms with Gasteiger partial charge in [-0.2, -0.15) is 12.7 Å². The van der Waals surface area contributed by atoms with Gasteiger partial charge in [-0.1, -0.05) is 18.2 Å². The molecule has 0 bridgehead atoms. The van der Waals surface area contributed by atoms with Gasteiger partial charge in [-0.15, -0.1) is 0 Å². The first-order chi connectivity index (χ1) is 17.9. The second-order valence-corrected chi connectivity index (χ2v) is 10.9. The summed E-state index contributed by atoms with van der Waals surface area (Å²) in [5.74, 6) is 0.788. The van der Waals surface area contributed by atoms with E-state index in [4.69, 9.17) is 20.2 Å². The number of piperidine rings is 1. The zero-order chi connectivity index (χ0) is 26.4. The van der Waals surface area contributed by atoms with Crippen LogP contribution in [0, 0.1) is 5.92 Å². The van der Waals surface area contributed by atoms with Crippen molar-refractivity contribution >= 4 is 43.9 Å². The fourth-order valence-corrected chi connectivity index (χ4v) is 6.09. The number of unbranched alkanes of at least 4 members (excludes halogenated alkanes) is 1. The molecule has 11 nitrogen and oxygen atoms in total. The van der Waals surface area contributed by atoms with E-state index in [1.807, 2.05) is 24.3 Å². The first kappa shape index (κ1) is 27.2. The molecule has 2 aromatic heterocycles. The largest absolute Gasteiger partial charge is 0.466 e. The number of carbonyl (C=O) groups excluding carboxylic acids is 1. The Kier molecular flexibility index (Phi) is 8.95. The third kappa shape index (κ3) is 6.20. The van der Waals surface area contributed by atoms with Crippen molar-refractivity contribution in [2.75, 3.05) is 45.7 Å². The van der Waals surface area contributed by atoms with Crippen molar-refractivity contribution < 1.29 is 22.7 Å². The van der Waals surface area contributed by atoms with Gasteiger partial charge in [-0.3, -0.25) is 4.79 Å². The smallest absolute Gasteiger partial charge is 0.309 e. The third-order valence-corrected chi connectivity index (χ3v) is 8.34. The van der Waals surface area contributed by atoms with E-state index >= 15 is 0 Å². The summed E-state index contributed by atoms with van der Waals surface area (Å²) in [6.07, 6.45) is 2.98. The van der Waals surface area contributed by atoms with Gasteiger partial charge < -0.3 is 19.8 Å². The van der Waals surface area contributed by atoms with Crippen LogP contribution in [0.2, 0.25) is 0 Å². The van der Waals surface area contributed by atoms with Gasteiger partial charge in [0, 0.05) is 45.1 Å². The van der Waals surface area contributed by atoms with Crippen LogP contribution in [0.3, 0.4) is 0 Å². The molecule has 3 aromatic rings. The first-order valence-electron chi connectivity index (χ1n) is 12.8. The normalized spacial score (nSPS) is 15.5. The number of para-hydroxylation sites is 1. The maximum Gasteiger partial charge on any atom is 0.309 e. The van der Waals surface area contributed by atoms with Gasteiger partial charge in [-0.05, 0) is 38.7 Å². The molecule has 1 fully saturated rings. The van der Waals surface area contributed by atoms with Crippen molar-refractivity contribution in [1.29, 1.82) is 0 Å². The maximum absolute atomic E-state index is 12.8. The molecule has 4 rings (SSSR count). The predicted octanol–water partition coefficient (Wildman–Crippen LogP) is 2.25. The van der Waals surface area contributed by atoms with E-state index in [0.29, 0.717) is 76.4 Å². The Labute approximate surface area is 217 Å². The zero-order valence-corrected chi connectivity index (χ0v) is 22.3. The molecule has 37 heavy (non-hydrogen) atoms. The molecule has 0 amide bonds. The van der Waals surface area contributed by atoms with Crippen LogP contribution in [-0.2, 0) is 37.4 Å². The summed E-state index contributed by atoms with van der Waals surface area (Å²) in [7, 11) is -1.94. The lowest BCUT2D eigenvalue weighted by Crippen LogP contribution is -2.46. The summed E-state index contributed by atoms with van der Waals surface area (Å²) in [5.41, 5.74) is 8.68. The van der Waals surface area contributed by atoms with Crippen LogP contribution in [0.5, 0.6) is 0 Å². The van der Waals surface area contributed by atoms with E-state index in [0.717, 1.165) is 28.7 Å². The highest BCUT2D eigenvalue weighted by Gasteiger charge is 2.31. The van der Waals surface area contributed by atoms with Crippen LogP contribution >= 0.6 is 0 Å². The Hall–Kier alpha value is -2.80. The molecule has 1 aliphatic rings. The van der Waals surface area contributed by atoms with Crippen LogP contribution in [0.15, 0.2) is 24.3 Å². The molecular weight excluding hydrogens is 496 g/mol. The van der Waals surface area contributed by atoms with E-state index < -0.39 is 10.2 Å². The number of nitrogens with one attached hydrogen (secondary N) is 1. The molecule has 3 N–H and O–H groups in total. The fourth-order valence-electron chi connectivity index (χ4n) is 4.81. The number of aromatic nitrogens is 3. The highest BCUT2D eigenvalue weighted by Crippen LogP contribution is 2.29. The highest BCUT2D eigenvalue weighted by molar-refractivity contribution is 7.87. The molecule has 3 heterocycles. The Morgan fingerprint density at radius 1 is 1.19 bits per heavy atom. The number of nitrogen functional groups attached to an aromatic ring is 1. The molecular formula is C25H36N6O5S. The number of ether oxygens (including phenoxy) is 2. The van der Waals surface area contributed by atoms with Crippen molar-refractivity contribution in [2.45, 2.75) is 45.6 Å². The van der Waals surface area contributed by atoms with E-state index in [-0.39, 0.29) is 11.9 Å². The minimum Gasteiger partial charge on any atom is -0.466 e. The summed E-state index contributed by atoms with van der Waals surface area (Å²) < 4.78 is 42.1. The number of esters is 1. The second kappa shape index (κ2) is 12.2. The van der Waals surface area contributed by atoms with E-state index in [1.54, 1.807) is 14.0 Å². The fraction of sp³-hybridized carbons (Fsp3) is 0.560. The number of fused-ring (bicyclic) bond motifs is 3. The minimum atomic E-state index is -3.60. The summed E-state index contributed by atoms with van der Waals surface area (Å²) in [4.78, 5) is 21.2. The van der Waals surface area contributed by atoms with E-state index in [2.05, 4.69) is 14.3 Å². The van der Waals surface area contributed by atoms with Crippen LogP contribution in [0.4, 0.5) is 5.82 Å². The molecule has 0 aliphatic carbocycles. The molecule has 1 aromatic carbocycles. The Morgan fingerprint density at radius 3 is 2.68 bits per heavy atom. The van der Waals surface area contributed by atoms with Crippen LogP contribution in [0.25, 0.3) is 21.9 Å². The zero-order valence-electron chi connectivity index (χ0n) is 21.5. The van der Waals surface area contributed by atoms with Gasteiger partial charge in [-0.25, -0.2) is 14.7 Å². The number of anilines is 1. The molecule has 202 valence electrons. The summed E-state index contributed by atoms with van der Waals surface area (Å²) >= 11 is 0. The van der Waals surface area contributed by atoms with Crippen molar-refractivity contribution in [3.63, 3.8) is 0 Å². The monoisotopic (exact) mass is 532 g/mol. The van der Waals surface area contributed by atoms with Crippen molar-refractivity contribution in [2.24, 2.45) is 5.92 Å². The lowest BCUT2D eigenvalue weighted by molar-refractivity contribution is -0.149. The lowest BCUT2D eigenvalue weighted by atomic mass is 9.98. The molecule has 1 saturated heterocycles. The molecule has 12 heteroatoms. The number of rotatable bonds is 12. The number of pyridine rings is 1. The average molecular weight is 533 g/mol. The highest BCUT2D eigenvalue weighted by atomic mass is 32.2. The molecule has 0 saturated carbocycles. The average Bonchev–Trinajstić information content (AvgIpc) is 3.26. The van der Waals surface area contributed by atoms with Gasteiger partial charge >= 0.3 is 5.97 Å². The number of hydrogen-bond donors (Lipinski definition) is 2. The van der Waals surface area contributed by atoms with Crippen molar-refractivity contribution in [3.8, 4) is 0 Å². The number of nitrogens with two attached hydrogens (primary N) is 1. The first-order valence-corrected chi connectivity index (χ1v) is 14.2. The van der Waals surface area contributed by atoms with Crippen LogP contribution in [-0.4, -0.2) is 73.2 Å². The molecule has 0 unspecified atom stereocenters. The van der Waals surface area contributed by atoms with Gasteiger partial charge in [0.2, 0.25) is 0 Å². The number of methoxy groups -OCH3 is 1. The van der Waals surface area contributed by atoms with Gasteiger partial charge in [0.05, 0.1) is 30.2 Å². The lowest BCUT2D eigenvalue weighted by Gasteiger charge is -2.30. The molecule has 0 radical (unpaired) electrons. The number of nitrogens with zero attached hydrogens (tertiary/aromatic N) is 4. The minimum absolute atomic E-state index is 0.232. The summed E-state index contributed by atoms with van der Waals surface area (Å²) in [6.45, 7) is 4.24. The summed E-state index contributed by atoms with van der Waals surface area (Å²) in [6, 6.07) is 7.85. The Balaban J connectivity index is 1.38. The third-order valence-electron chi connectivity index (χ3n) is 6.73. The molecule has 0 spiro atoms. The van der Waals surface area contributed by atoms with Gasteiger partial charge in [0.25, 0.3) is 10.2 Å².